The number of benzene rings is 2. The van der Waals surface area contributed by atoms with Crippen molar-refractivity contribution in [2.24, 2.45) is 0 Å². The van der Waals surface area contributed by atoms with E-state index in [1.165, 1.54) is 17.2 Å². The van der Waals surface area contributed by atoms with Crippen LogP contribution in [0.15, 0.2) is 46.9 Å². The molecule has 0 aromatic heterocycles. The maximum atomic E-state index is 13.8. The maximum absolute atomic E-state index is 13.8. The first-order valence-electron chi connectivity index (χ1n) is 6.87. The molecule has 0 amide bonds. The summed E-state index contributed by atoms with van der Waals surface area (Å²) < 4.78 is 20.5. The van der Waals surface area contributed by atoms with E-state index < -0.39 is 0 Å². The summed E-state index contributed by atoms with van der Waals surface area (Å²) in [6.45, 7) is 0.318. The number of halogens is 2. The Morgan fingerprint density at radius 1 is 1.20 bits per heavy atom. The lowest BCUT2D eigenvalue weighted by Gasteiger charge is -2.25. The van der Waals surface area contributed by atoms with E-state index in [4.69, 9.17) is 4.74 Å². The molecule has 0 fully saturated rings. The molecule has 1 atom stereocenters. The molecule has 0 bridgehead atoms. The van der Waals surface area contributed by atoms with Gasteiger partial charge in [0.05, 0.1) is 12.7 Å². The number of rotatable bonds is 3. The monoisotopic (exact) mass is 334 g/mol. The van der Waals surface area contributed by atoms with Crippen molar-refractivity contribution in [3.63, 3.8) is 0 Å². The zero-order valence-corrected chi connectivity index (χ0v) is 12.7. The first-order valence-corrected chi connectivity index (χ1v) is 7.66. The predicted molar refractivity (Wildman–Crippen MR) is 81.0 cm³/mol. The fraction of sp³-hybridized carbons (Fsp3) is 0.294. The van der Waals surface area contributed by atoms with Gasteiger partial charge in [-0.05, 0) is 42.5 Å². The molecule has 0 aliphatic heterocycles. The van der Waals surface area contributed by atoms with Crippen LogP contribution in [0.25, 0.3) is 0 Å². The Bertz CT molecular complexity index is 612. The molecule has 0 heterocycles. The van der Waals surface area contributed by atoms with Gasteiger partial charge in [-0.2, -0.15) is 0 Å². The van der Waals surface area contributed by atoms with Gasteiger partial charge in [0, 0.05) is 10.0 Å². The van der Waals surface area contributed by atoms with Crippen molar-refractivity contribution in [2.45, 2.75) is 32.0 Å². The molecule has 1 nitrogen and oxygen atoms in total. The predicted octanol–water partition coefficient (Wildman–Crippen LogP) is 5.18. The highest BCUT2D eigenvalue weighted by molar-refractivity contribution is 9.10. The third kappa shape index (κ3) is 2.94. The molecule has 3 rings (SSSR count). The highest BCUT2D eigenvalue weighted by Gasteiger charge is 2.20. The van der Waals surface area contributed by atoms with Crippen molar-refractivity contribution < 1.29 is 9.13 Å². The van der Waals surface area contributed by atoms with Gasteiger partial charge in [-0.15, -0.1) is 0 Å². The highest BCUT2D eigenvalue weighted by atomic mass is 79.9. The summed E-state index contributed by atoms with van der Waals surface area (Å²) in [4.78, 5) is 0. The molecular formula is C17H16BrFO. The summed E-state index contributed by atoms with van der Waals surface area (Å²) in [6, 6.07) is 13.5. The second-order valence-electron chi connectivity index (χ2n) is 5.13. The minimum atomic E-state index is -0.219. The number of ether oxygens (including phenoxy) is 1. The van der Waals surface area contributed by atoms with Crippen LogP contribution in [0.3, 0.4) is 0 Å². The topological polar surface area (TPSA) is 9.23 Å². The van der Waals surface area contributed by atoms with Crippen LogP contribution < -0.4 is 0 Å². The van der Waals surface area contributed by atoms with Gasteiger partial charge in [0.15, 0.2) is 0 Å². The fourth-order valence-corrected chi connectivity index (χ4v) is 3.04. The summed E-state index contributed by atoms with van der Waals surface area (Å²) in [5, 5.41) is 0. The second-order valence-corrected chi connectivity index (χ2v) is 6.04. The van der Waals surface area contributed by atoms with E-state index in [9.17, 15) is 4.39 Å². The SMILES string of the molecule is Fc1cc(Br)ccc1COC1CCCc2ccccc21. The molecule has 0 spiro atoms. The van der Waals surface area contributed by atoms with E-state index in [2.05, 4.69) is 34.1 Å². The zero-order chi connectivity index (χ0) is 13.9. The molecular weight excluding hydrogens is 319 g/mol. The Hall–Kier alpha value is -1.19. The second kappa shape index (κ2) is 6.06. The lowest BCUT2D eigenvalue weighted by molar-refractivity contribution is 0.0268. The first kappa shape index (κ1) is 13.8. The summed E-state index contributed by atoms with van der Waals surface area (Å²) in [7, 11) is 0. The molecule has 1 aliphatic rings. The Kier molecular flexibility index (Phi) is 4.18. The van der Waals surface area contributed by atoms with Crippen LogP contribution in [0.1, 0.15) is 35.6 Å². The summed E-state index contributed by atoms with van der Waals surface area (Å²) >= 11 is 3.26. The van der Waals surface area contributed by atoms with Crippen molar-refractivity contribution in [3.05, 3.63) is 69.4 Å². The van der Waals surface area contributed by atoms with Crippen molar-refractivity contribution in [2.75, 3.05) is 0 Å². The Morgan fingerprint density at radius 2 is 2.05 bits per heavy atom. The average Bonchev–Trinajstić information content (AvgIpc) is 2.46. The molecule has 3 heteroatoms. The molecule has 104 valence electrons. The van der Waals surface area contributed by atoms with Crippen molar-refractivity contribution in [3.8, 4) is 0 Å². The first-order chi connectivity index (χ1) is 9.74. The molecule has 0 N–H and O–H groups in total. The fourth-order valence-electron chi connectivity index (χ4n) is 2.71. The minimum Gasteiger partial charge on any atom is -0.369 e. The maximum Gasteiger partial charge on any atom is 0.129 e. The molecule has 20 heavy (non-hydrogen) atoms. The molecule has 1 unspecified atom stereocenters. The number of aryl methyl sites for hydroxylation is 1. The Morgan fingerprint density at radius 3 is 2.90 bits per heavy atom. The third-order valence-electron chi connectivity index (χ3n) is 3.77. The molecule has 0 saturated carbocycles. The van der Waals surface area contributed by atoms with Crippen LogP contribution >= 0.6 is 15.9 Å². The van der Waals surface area contributed by atoms with E-state index in [0.29, 0.717) is 12.2 Å². The standard InChI is InChI=1S/C17H16BrFO/c18-14-9-8-13(16(19)10-14)11-20-17-7-3-5-12-4-1-2-6-15(12)17/h1-2,4,6,8-10,17H,3,5,7,11H2. The normalized spacial score (nSPS) is 17.8. The van der Waals surface area contributed by atoms with E-state index in [1.807, 2.05) is 12.1 Å². The lowest BCUT2D eigenvalue weighted by atomic mass is 9.89. The van der Waals surface area contributed by atoms with E-state index in [-0.39, 0.29) is 11.9 Å². The number of hydrogen-bond donors (Lipinski definition) is 0. The van der Waals surface area contributed by atoms with E-state index >= 15 is 0 Å². The van der Waals surface area contributed by atoms with Gasteiger partial charge in [-0.25, -0.2) is 4.39 Å². The van der Waals surface area contributed by atoms with Gasteiger partial charge in [0.2, 0.25) is 0 Å². The zero-order valence-electron chi connectivity index (χ0n) is 11.1. The van der Waals surface area contributed by atoms with Gasteiger partial charge in [0.1, 0.15) is 5.82 Å². The summed E-state index contributed by atoms with van der Waals surface area (Å²) in [5.74, 6) is -0.219. The van der Waals surface area contributed by atoms with Crippen LogP contribution in [0.4, 0.5) is 4.39 Å². The van der Waals surface area contributed by atoms with Crippen LogP contribution in [-0.2, 0) is 17.8 Å². The van der Waals surface area contributed by atoms with E-state index in [1.54, 1.807) is 6.07 Å². The summed E-state index contributed by atoms with van der Waals surface area (Å²) in [5.41, 5.74) is 3.23. The Labute approximate surface area is 126 Å². The quantitative estimate of drug-likeness (QED) is 0.751. The highest BCUT2D eigenvalue weighted by Crippen LogP contribution is 2.33. The van der Waals surface area contributed by atoms with Crippen molar-refractivity contribution >= 4 is 15.9 Å². The smallest absolute Gasteiger partial charge is 0.129 e. The van der Waals surface area contributed by atoms with Crippen molar-refractivity contribution in [1.82, 2.24) is 0 Å². The minimum absolute atomic E-state index is 0.0861. The van der Waals surface area contributed by atoms with Crippen LogP contribution in [-0.4, -0.2) is 0 Å². The summed E-state index contributed by atoms with van der Waals surface area (Å²) in [6.07, 6.45) is 3.34. The van der Waals surface area contributed by atoms with Gasteiger partial charge in [0.25, 0.3) is 0 Å². The number of fused-ring (bicyclic) bond motifs is 1. The van der Waals surface area contributed by atoms with Gasteiger partial charge in [-0.1, -0.05) is 46.3 Å². The largest absolute Gasteiger partial charge is 0.369 e. The molecule has 1 aliphatic carbocycles. The van der Waals surface area contributed by atoms with Crippen LogP contribution in [0, 0.1) is 5.82 Å². The van der Waals surface area contributed by atoms with Gasteiger partial charge >= 0.3 is 0 Å². The van der Waals surface area contributed by atoms with Gasteiger partial charge < -0.3 is 4.74 Å². The molecule has 0 radical (unpaired) electrons. The third-order valence-corrected chi connectivity index (χ3v) is 4.26. The lowest BCUT2D eigenvalue weighted by Crippen LogP contribution is -2.13. The van der Waals surface area contributed by atoms with Crippen LogP contribution in [0.5, 0.6) is 0 Å². The molecule has 2 aromatic carbocycles. The van der Waals surface area contributed by atoms with E-state index in [0.717, 1.165) is 23.7 Å². The average molecular weight is 335 g/mol. The Balaban J connectivity index is 1.73. The van der Waals surface area contributed by atoms with Gasteiger partial charge in [-0.3, -0.25) is 0 Å². The van der Waals surface area contributed by atoms with Crippen LogP contribution in [0.2, 0.25) is 0 Å². The molecule has 0 saturated heterocycles. The number of hydrogen-bond acceptors (Lipinski definition) is 1. The molecule has 2 aromatic rings. The van der Waals surface area contributed by atoms with Crippen molar-refractivity contribution in [1.29, 1.82) is 0 Å².